The zero-order chi connectivity index (χ0) is 36.6. The van der Waals surface area contributed by atoms with Gasteiger partial charge in [0.1, 0.15) is 34.0 Å². The summed E-state index contributed by atoms with van der Waals surface area (Å²) in [5.74, 6) is 3.02. The van der Waals surface area contributed by atoms with Crippen molar-refractivity contribution in [1.82, 2.24) is 30.1 Å². The second-order valence-electron chi connectivity index (χ2n) is 15.7. The zero-order valence-electron chi connectivity index (χ0n) is 30.0. The molecule has 1 amide bonds. The fourth-order valence-corrected chi connectivity index (χ4v) is 9.16. The van der Waals surface area contributed by atoms with Crippen LogP contribution in [0, 0.1) is 41.2 Å². The van der Waals surface area contributed by atoms with Crippen LogP contribution < -0.4 is 19.7 Å². The minimum atomic E-state index is -0.810. The van der Waals surface area contributed by atoms with Gasteiger partial charge in [0.2, 0.25) is 11.8 Å². The number of piperazine rings is 1. The normalized spacial score (nSPS) is 24.1. The number of hydrogen-bond acceptors (Lipinski definition) is 10. The lowest BCUT2D eigenvalue weighted by Gasteiger charge is -2.42. The molecule has 5 fully saturated rings. The first-order chi connectivity index (χ1) is 25.7. The van der Waals surface area contributed by atoms with E-state index in [9.17, 15) is 9.90 Å². The number of piperidine rings is 1. The second kappa shape index (κ2) is 13.0. The summed E-state index contributed by atoms with van der Waals surface area (Å²) in [4.78, 5) is 34.1. The third kappa shape index (κ3) is 5.96. The number of nitrogens with one attached hydrogen (secondary N) is 1. The lowest BCUT2D eigenvalue weighted by atomic mass is 9.95. The smallest absolute Gasteiger partial charge is 0.319 e. The Morgan fingerprint density at radius 1 is 1.08 bits per heavy atom. The first-order valence-corrected chi connectivity index (χ1v) is 18.6. The van der Waals surface area contributed by atoms with Gasteiger partial charge in [-0.1, -0.05) is 12.0 Å². The molecule has 2 bridgehead atoms. The highest BCUT2D eigenvalue weighted by atomic mass is 19.1. The highest BCUT2D eigenvalue weighted by molar-refractivity contribution is 6.04. The van der Waals surface area contributed by atoms with Crippen molar-refractivity contribution in [3.63, 3.8) is 0 Å². The van der Waals surface area contributed by atoms with E-state index in [-0.39, 0.29) is 74.2 Å². The van der Waals surface area contributed by atoms with Gasteiger partial charge in [-0.3, -0.25) is 4.79 Å². The standard InChI is InChI=1S/C40H43F2N7O4/c1-4-28-30(41)8-5-22-14-27(50)15-29(32(22)28)35-34(42)36-33(38(44-35)52-3)37(48-18-25-6-7-26(19-48)49(25)31(51)9-12-43-2)46-39(45-36)53-21-40(10-11-40)20-47-16-23-13-24(23)17-47/h1,5,8,14-15,23-26,43,50H,6-7,9-13,16-21H2,2-3H3. The minimum absolute atomic E-state index is 0.00349. The summed E-state index contributed by atoms with van der Waals surface area (Å²) in [5, 5.41) is 14.7. The molecule has 4 unspecified atom stereocenters. The van der Waals surface area contributed by atoms with Gasteiger partial charge in [0.25, 0.3) is 0 Å². The summed E-state index contributed by atoms with van der Waals surface area (Å²) in [7, 11) is 3.27. The number of methoxy groups -OCH3 is 1. The molecule has 53 heavy (non-hydrogen) atoms. The monoisotopic (exact) mass is 723 g/mol. The molecule has 5 aliphatic rings. The molecular weight excluding hydrogens is 680 g/mol. The van der Waals surface area contributed by atoms with Gasteiger partial charge in [-0.25, -0.2) is 13.8 Å². The molecule has 2 N–H and O–H groups in total. The Morgan fingerprint density at radius 2 is 1.83 bits per heavy atom. The Kier molecular flexibility index (Phi) is 8.31. The first-order valence-electron chi connectivity index (χ1n) is 18.6. The van der Waals surface area contributed by atoms with Gasteiger partial charge in [-0.15, -0.1) is 6.42 Å². The maximum atomic E-state index is 17.3. The van der Waals surface area contributed by atoms with Crippen LogP contribution in [0.15, 0.2) is 24.3 Å². The predicted molar refractivity (Wildman–Crippen MR) is 196 cm³/mol. The fraction of sp³-hybridized carbons (Fsp3) is 0.500. The van der Waals surface area contributed by atoms with Crippen LogP contribution in [0.4, 0.5) is 14.6 Å². The Balaban J connectivity index is 1.15. The van der Waals surface area contributed by atoms with Gasteiger partial charge in [0, 0.05) is 74.1 Å². The summed E-state index contributed by atoms with van der Waals surface area (Å²) in [6.07, 6.45) is 11.3. The predicted octanol–water partition coefficient (Wildman–Crippen LogP) is 4.72. The van der Waals surface area contributed by atoms with E-state index >= 15 is 8.78 Å². The summed E-state index contributed by atoms with van der Waals surface area (Å²) in [5.41, 5.74) is -0.262. The van der Waals surface area contributed by atoms with E-state index in [1.807, 2.05) is 11.9 Å². The molecule has 5 heterocycles. The lowest BCUT2D eigenvalue weighted by Crippen LogP contribution is -2.56. The molecule has 2 aromatic carbocycles. The molecule has 3 aliphatic heterocycles. The molecule has 4 atom stereocenters. The van der Waals surface area contributed by atoms with Crippen molar-refractivity contribution >= 4 is 33.4 Å². The minimum Gasteiger partial charge on any atom is -0.508 e. The number of aromatic hydroxyl groups is 1. The number of rotatable bonds is 11. The van der Waals surface area contributed by atoms with Crippen LogP contribution in [-0.4, -0.2) is 108 Å². The SMILES string of the molecule is C#Cc1c(F)ccc2cc(O)cc(-c3nc(OC)c4c(N5CC6CCC(C5)N6C(=O)CCNC)nc(OCC5(CN6CC7CC7C6)CC5)nc4c3F)c12. The largest absolute Gasteiger partial charge is 0.508 e. The maximum absolute atomic E-state index is 17.3. The molecule has 4 aromatic rings. The number of aromatic nitrogens is 3. The summed E-state index contributed by atoms with van der Waals surface area (Å²) < 4.78 is 44.6. The van der Waals surface area contributed by atoms with Gasteiger partial charge in [-0.2, -0.15) is 9.97 Å². The number of terminal acetylenes is 1. The van der Waals surface area contributed by atoms with Crippen molar-refractivity contribution in [1.29, 1.82) is 0 Å². The molecule has 11 nitrogen and oxygen atoms in total. The first kappa shape index (κ1) is 34.0. The number of benzene rings is 2. The van der Waals surface area contributed by atoms with Gasteiger partial charge < -0.3 is 34.6 Å². The molecule has 0 spiro atoms. The van der Waals surface area contributed by atoms with E-state index in [1.54, 1.807) is 0 Å². The number of phenols is 1. The Morgan fingerprint density at radius 3 is 2.51 bits per heavy atom. The average Bonchev–Trinajstić information content (AvgIpc) is 4.04. The molecule has 13 heteroatoms. The van der Waals surface area contributed by atoms with Crippen molar-refractivity contribution in [3.8, 4) is 41.2 Å². The van der Waals surface area contributed by atoms with Crippen LogP contribution in [0.3, 0.4) is 0 Å². The quantitative estimate of drug-likeness (QED) is 0.211. The molecule has 2 aliphatic carbocycles. The van der Waals surface area contributed by atoms with E-state index in [1.165, 1.54) is 37.8 Å². The third-order valence-corrected chi connectivity index (χ3v) is 12.1. The number of fused-ring (bicyclic) bond motifs is 5. The number of hydrogen-bond donors (Lipinski definition) is 2. The Hall–Kier alpha value is -4.80. The van der Waals surface area contributed by atoms with Crippen molar-refractivity contribution < 1.29 is 28.2 Å². The number of amides is 1. The summed E-state index contributed by atoms with van der Waals surface area (Å²) in [6.45, 7) is 5.23. The van der Waals surface area contributed by atoms with Gasteiger partial charge in [0.05, 0.1) is 19.3 Å². The van der Waals surface area contributed by atoms with Gasteiger partial charge >= 0.3 is 6.01 Å². The van der Waals surface area contributed by atoms with E-state index in [0.717, 1.165) is 57.2 Å². The molecule has 9 rings (SSSR count). The Labute approximate surface area is 306 Å². The summed E-state index contributed by atoms with van der Waals surface area (Å²) >= 11 is 0. The van der Waals surface area contributed by atoms with Gasteiger partial charge in [-0.05, 0) is 74.6 Å². The second-order valence-corrected chi connectivity index (χ2v) is 15.7. The number of ether oxygens (including phenoxy) is 2. The van der Waals surface area contributed by atoms with Crippen LogP contribution in [0.5, 0.6) is 17.6 Å². The van der Waals surface area contributed by atoms with Crippen LogP contribution >= 0.6 is 0 Å². The number of carbonyl (C=O) groups is 1. The lowest BCUT2D eigenvalue weighted by molar-refractivity contribution is -0.134. The van der Waals surface area contributed by atoms with Crippen LogP contribution in [0.1, 0.15) is 44.1 Å². The van der Waals surface area contributed by atoms with Crippen molar-refractivity contribution in [2.45, 2.75) is 50.6 Å². The van der Waals surface area contributed by atoms with E-state index in [2.05, 4.69) is 31.0 Å². The maximum Gasteiger partial charge on any atom is 0.319 e. The van der Waals surface area contributed by atoms with Crippen LogP contribution in [0.2, 0.25) is 0 Å². The number of pyridine rings is 1. The van der Waals surface area contributed by atoms with E-state index in [0.29, 0.717) is 43.9 Å². The number of nitrogens with zero attached hydrogens (tertiary/aromatic N) is 6. The molecule has 2 saturated carbocycles. The van der Waals surface area contributed by atoms with Crippen molar-refractivity contribution in [2.75, 3.05) is 64.9 Å². The topological polar surface area (TPSA) is 116 Å². The highest BCUT2D eigenvalue weighted by Crippen LogP contribution is 2.51. The van der Waals surface area contributed by atoms with E-state index < -0.39 is 11.6 Å². The van der Waals surface area contributed by atoms with Crippen LogP contribution in [-0.2, 0) is 4.79 Å². The number of anilines is 1. The zero-order valence-corrected chi connectivity index (χ0v) is 30.0. The average molecular weight is 724 g/mol. The molecule has 2 aromatic heterocycles. The molecular formula is C40H43F2N7O4. The fourth-order valence-electron chi connectivity index (χ4n) is 9.16. The van der Waals surface area contributed by atoms with Gasteiger partial charge in [0.15, 0.2) is 5.82 Å². The van der Waals surface area contributed by atoms with Crippen LogP contribution in [0.25, 0.3) is 32.9 Å². The van der Waals surface area contributed by atoms with Crippen molar-refractivity contribution in [3.05, 3.63) is 41.5 Å². The number of phenolic OH excluding ortho intramolecular Hbond substituents is 1. The number of likely N-dealkylation sites (tertiary alicyclic amines) is 1. The van der Waals surface area contributed by atoms with Crippen molar-refractivity contribution in [2.24, 2.45) is 17.3 Å². The Bertz CT molecular complexity index is 2160. The highest BCUT2D eigenvalue weighted by Gasteiger charge is 2.51. The molecule has 276 valence electrons. The molecule has 0 radical (unpaired) electrons. The third-order valence-electron chi connectivity index (χ3n) is 12.1. The van der Waals surface area contributed by atoms with E-state index in [4.69, 9.17) is 20.9 Å². The summed E-state index contributed by atoms with van der Waals surface area (Å²) in [6, 6.07) is 5.43. The number of carbonyl (C=O) groups excluding carboxylic acids is 1. The number of halogens is 2. The molecule has 3 saturated heterocycles.